The Bertz CT molecular complexity index is 1480. The van der Waals surface area contributed by atoms with E-state index in [9.17, 15) is 58.2 Å². The first kappa shape index (κ1) is 32.7. The molecule has 0 bridgehead atoms. The van der Waals surface area contributed by atoms with Gasteiger partial charge in [-0.3, -0.25) is 9.59 Å². The number of aliphatic carboxylic acids is 1. The molecule has 2 fully saturated rings. The molecule has 1 aliphatic carbocycles. The Kier molecular flexibility index (Phi) is 8.39. The van der Waals surface area contributed by atoms with E-state index in [-0.39, 0.29) is 61.9 Å². The zero-order valence-corrected chi connectivity index (χ0v) is 23.4. The molecule has 0 radical (unpaired) electrons. The fourth-order valence-corrected chi connectivity index (χ4v) is 7.97. The van der Waals surface area contributed by atoms with Gasteiger partial charge in [-0.15, -0.1) is 0 Å². The summed E-state index contributed by atoms with van der Waals surface area (Å²) in [6, 6.07) is 4.73. The molecule has 0 aromatic heterocycles. The van der Waals surface area contributed by atoms with Gasteiger partial charge in [0.25, 0.3) is 0 Å². The van der Waals surface area contributed by atoms with E-state index in [1.807, 2.05) is 0 Å². The van der Waals surface area contributed by atoms with Gasteiger partial charge in [0.05, 0.1) is 10.8 Å². The Morgan fingerprint density at radius 3 is 1.91 bits per heavy atom. The predicted octanol–water partition coefficient (Wildman–Crippen LogP) is 6.22. The zero-order chi connectivity index (χ0) is 32.2. The highest BCUT2D eigenvalue weighted by Crippen LogP contribution is 2.54. The maximum absolute atomic E-state index is 14.7. The van der Waals surface area contributed by atoms with Crippen LogP contribution in [0.15, 0.2) is 47.4 Å². The summed E-state index contributed by atoms with van der Waals surface area (Å²) in [6.07, 6.45) is -12.2. The number of rotatable bonds is 6. The quantitative estimate of drug-likeness (QED) is 0.379. The SMILES string of the molecule is Cc1ccc(S(=O)(=O)[C@@]2(c3ccc(C(F)(C(F)(F)F)C(F)(F)F)cc3)CCN(C(=O)[C@H]3CC[C@H](C(=O)O)CC3)C2)cc1F. The standard InChI is InChI=1S/C28H27F8NO5S/c1-16-2-11-21(14-22(16)29)43(41,42)25(12-13-37(15-25)23(38)17-3-5-18(6-4-17)24(39)40)19-7-9-20(10-8-19)26(30,27(31,32)33)28(34,35)36/h2,7-11,14,17-18H,3-6,12-13,15H2,1H3,(H,39,40)/t17-,18-,25-/m0/s1. The number of benzene rings is 2. The predicted molar refractivity (Wildman–Crippen MR) is 136 cm³/mol. The van der Waals surface area contributed by atoms with Gasteiger partial charge < -0.3 is 10.0 Å². The van der Waals surface area contributed by atoms with Gasteiger partial charge in [-0.2, -0.15) is 26.3 Å². The molecule has 1 saturated heterocycles. The van der Waals surface area contributed by atoms with Crippen molar-refractivity contribution in [1.29, 1.82) is 0 Å². The van der Waals surface area contributed by atoms with Gasteiger partial charge in [0, 0.05) is 24.6 Å². The van der Waals surface area contributed by atoms with Crippen molar-refractivity contribution < 1.29 is 58.2 Å². The van der Waals surface area contributed by atoms with Gasteiger partial charge in [0.15, 0.2) is 9.84 Å². The fraction of sp³-hybridized carbons (Fsp3) is 0.500. The van der Waals surface area contributed by atoms with Crippen LogP contribution in [-0.2, 0) is 29.8 Å². The molecule has 4 rings (SSSR count). The first-order valence-corrected chi connectivity index (χ1v) is 14.7. The number of aryl methyl sites for hydroxylation is 1. The summed E-state index contributed by atoms with van der Waals surface area (Å²) in [5.41, 5.74) is -7.76. The molecule has 1 saturated carbocycles. The second-order valence-corrected chi connectivity index (χ2v) is 13.3. The second-order valence-electron chi connectivity index (χ2n) is 11.0. The number of hydrogen-bond donors (Lipinski definition) is 1. The van der Waals surface area contributed by atoms with Crippen LogP contribution in [0.5, 0.6) is 0 Å². The molecule has 236 valence electrons. The van der Waals surface area contributed by atoms with Crippen LogP contribution >= 0.6 is 0 Å². The van der Waals surface area contributed by atoms with E-state index in [1.165, 1.54) is 17.9 Å². The van der Waals surface area contributed by atoms with Gasteiger partial charge in [-0.25, -0.2) is 17.2 Å². The van der Waals surface area contributed by atoms with Crippen LogP contribution in [0.25, 0.3) is 0 Å². The molecule has 1 amide bonds. The third kappa shape index (κ3) is 5.48. The number of sulfone groups is 1. The van der Waals surface area contributed by atoms with Crippen molar-refractivity contribution in [1.82, 2.24) is 4.90 Å². The van der Waals surface area contributed by atoms with E-state index < -0.39 is 79.1 Å². The smallest absolute Gasteiger partial charge is 0.435 e. The summed E-state index contributed by atoms with van der Waals surface area (Å²) in [5, 5.41) is 9.23. The van der Waals surface area contributed by atoms with E-state index in [1.54, 1.807) is 0 Å². The van der Waals surface area contributed by atoms with E-state index in [0.717, 1.165) is 12.1 Å². The molecule has 1 aliphatic heterocycles. The Morgan fingerprint density at radius 2 is 1.42 bits per heavy atom. The van der Waals surface area contributed by atoms with Gasteiger partial charge in [-0.05, 0) is 62.3 Å². The van der Waals surface area contributed by atoms with Crippen LogP contribution in [0.3, 0.4) is 0 Å². The molecular weight excluding hydrogens is 614 g/mol. The van der Waals surface area contributed by atoms with Crippen LogP contribution in [0, 0.1) is 24.6 Å². The molecule has 0 unspecified atom stereocenters. The summed E-state index contributed by atoms with van der Waals surface area (Å²) in [5.74, 6) is -3.62. The monoisotopic (exact) mass is 641 g/mol. The van der Waals surface area contributed by atoms with E-state index in [0.29, 0.717) is 12.1 Å². The minimum atomic E-state index is -6.38. The Balaban J connectivity index is 1.77. The molecule has 2 aromatic carbocycles. The van der Waals surface area contributed by atoms with E-state index >= 15 is 0 Å². The third-order valence-electron chi connectivity index (χ3n) is 8.53. The van der Waals surface area contributed by atoms with Gasteiger partial charge in [0.1, 0.15) is 10.6 Å². The lowest BCUT2D eigenvalue weighted by molar-refractivity contribution is -0.348. The van der Waals surface area contributed by atoms with Crippen molar-refractivity contribution in [3.8, 4) is 0 Å². The molecular formula is C28H27F8NO5S. The number of carboxylic acid groups (broad SMARTS) is 1. The lowest BCUT2D eigenvalue weighted by Gasteiger charge is -2.33. The molecule has 6 nitrogen and oxygen atoms in total. The molecule has 0 spiro atoms. The van der Waals surface area contributed by atoms with Crippen molar-refractivity contribution in [2.24, 2.45) is 11.8 Å². The van der Waals surface area contributed by atoms with Crippen molar-refractivity contribution in [2.75, 3.05) is 13.1 Å². The number of carboxylic acids is 1. The molecule has 2 aliphatic rings. The number of halogens is 8. The highest BCUT2D eigenvalue weighted by Gasteiger charge is 2.73. The summed E-state index contributed by atoms with van der Waals surface area (Å²) in [7, 11) is -4.66. The fourth-order valence-electron chi connectivity index (χ4n) is 5.88. The Labute approximate surface area is 241 Å². The maximum atomic E-state index is 14.7. The van der Waals surface area contributed by atoms with Crippen LogP contribution in [0.2, 0.25) is 0 Å². The summed E-state index contributed by atoms with van der Waals surface area (Å²) >= 11 is 0. The number of alkyl halides is 7. The second kappa shape index (κ2) is 11.0. The van der Waals surface area contributed by atoms with Crippen molar-refractivity contribution in [2.45, 2.75) is 66.7 Å². The molecule has 1 heterocycles. The molecule has 43 heavy (non-hydrogen) atoms. The number of amides is 1. The lowest BCUT2D eigenvalue weighted by atomic mass is 9.81. The van der Waals surface area contributed by atoms with Gasteiger partial charge in [0.2, 0.25) is 5.91 Å². The maximum Gasteiger partial charge on any atom is 0.435 e. The van der Waals surface area contributed by atoms with Gasteiger partial charge in [-0.1, -0.05) is 30.3 Å². The first-order valence-electron chi connectivity index (χ1n) is 13.2. The van der Waals surface area contributed by atoms with Crippen molar-refractivity contribution >= 4 is 21.7 Å². The van der Waals surface area contributed by atoms with Gasteiger partial charge >= 0.3 is 24.0 Å². The summed E-state index contributed by atoms with van der Waals surface area (Å²) in [4.78, 5) is 25.3. The Hall–Kier alpha value is -3.23. The Morgan fingerprint density at radius 1 is 0.884 bits per heavy atom. The average molecular weight is 642 g/mol. The first-order chi connectivity index (χ1) is 19.8. The van der Waals surface area contributed by atoms with Crippen LogP contribution in [-0.4, -0.2) is 55.7 Å². The number of hydrogen-bond acceptors (Lipinski definition) is 4. The average Bonchev–Trinajstić information content (AvgIpc) is 3.40. The minimum absolute atomic E-state index is 0.108. The van der Waals surface area contributed by atoms with Crippen LogP contribution in [0.1, 0.15) is 48.8 Å². The number of nitrogens with zero attached hydrogens (tertiary/aromatic N) is 1. The molecule has 15 heteroatoms. The highest BCUT2D eigenvalue weighted by atomic mass is 32.2. The van der Waals surface area contributed by atoms with Crippen molar-refractivity contribution in [3.05, 3.63) is 65.0 Å². The number of carbonyl (C=O) groups is 2. The lowest BCUT2D eigenvalue weighted by Crippen LogP contribution is -2.50. The van der Waals surface area contributed by atoms with E-state index in [4.69, 9.17) is 0 Å². The highest BCUT2D eigenvalue weighted by molar-refractivity contribution is 7.92. The molecule has 1 N–H and O–H groups in total. The van der Waals surface area contributed by atoms with E-state index in [2.05, 4.69) is 0 Å². The number of carbonyl (C=O) groups excluding carboxylic acids is 1. The van der Waals surface area contributed by atoms with Crippen LogP contribution < -0.4 is 0 Å². The van der Waals surface area contributed by atoms with Crippen LogP contribution in [0.4, 0.5) is 35.1 Å². The molecule has 1 atom stereocenters. The summed E-state index contributed by atoms with van der Waals surface area (Å²) in [6.45, 7) is 0.631. The zero-order valence-electron chi connectivity index (χ0n) is 22.6. The topological polar surface area (TPSA) is 91.8 Å². The largest absolute Gasteiger partial charge is 0.481 e. The number of likely N-dealkylation sites (tertiary alicyclic amines) is 1. The summed E-state index contributed by atoms with van der Waals surface area (Å²) < 4.78 is 135. The molecule has 2 aromatic rings. The normalized spacial score (nSPS) is 23.8. The minimum Gasteiger partial charge on any atom is -0.481 e. The third-order valence-corrected chi connectivity index (χ3v) is 11.0. The van der Waals surface area contributed by atoms with Crippen molar-refractivity contribution in [3.63, 3.8) is 0 Å².